The number of aromatic nitrogens is 1. The Hall–Kier alpha value is -3.08. The number of H-pyrrole nitrogens is 1. The minimum Gasteiger partial charge on any atom is -0.384 e. The minimum atomic E-state index is -0.146. The molecule has 5 heteroatoms. The van der Waals surface area contributed by atoms with E-state index in [9.17, 15) is 4.79 Å². The van der Waals surface area contributed by atoms with Crippen molar-refractivity contribution < 1.29 is 4.79 Å². The first-order valence-electron chi connectivity index (χ1n) is 6.93. The zero-order valence-corrected chi connectivity index (χ0v) is 11.9. The predicted molar refractivity (Wildman–Crippen MR) is 86.9 cm³/mol. The lowest BCUT2D eigenvalue weighted by Gasteiger charge is -2.05. The van der Waals surface area contributed by atoms with Crippen LogP contribution in [0.2, 0.25) is 0 Å². The van der Waals surface area contributed by atoms with Crippen LogP contribution >= 0.6 is 0 Å². The van der Waals surface area contributed by atoms with Gasteiger partial charge in [-0.15, -0.1) is 0 Å². The van der Waals surface area contributed by atoms with E-state index in [0.29, 0.717) is 17.8 Å². The molecule has 0 bridgehead atoms. The highest BCUT2D eigenvalue weighted by Gasteiger charge is 2.08. The summed E-state index contributed by atoms with van der Waals surface area (Å²) in [7, 11) is 0. The molecule has 0 aliphatic rings. The molecule has 0 radical (unpaired) electrons. The van der Waals surface area contributed by atoms with Crippen LogP contribution in [0, 0.1) is 5.41 Å². The lowest BCUT2D eigenvalue weighted by atomic mass is 10.1. The third-order valence-corrected chi connectivity index (χ3v) is 3.49. The van der Waals surface area contributed by atoms with Crippen molar-refractivity contribution in [2.24, 2.45) is 5.73 Å². The molecule has 0 aliphatic carbocycles. The Morgan fingerprint density at radius 3 is 2.55 bits per heavy atom. The fourth-order valence-corrected chi connectivity index (χ4v) is 2.28. The van der Waals surface area contributed by atoms with Crippen molar-refractivity contribution in [3.63, 3.8) is 0 Å². The largest absolute Gasteiger partial charge is 0.384 e. The van der Waals surface area contributed by atoms with Gasteiger partial charge in [-0.2, -0.15) is 0 Å². The molecule has 110 valence electrons. The van der Waals surface area contributed by atoms with Gasteiger partial charge in [-0.05, 0) is 17.7 Å². The second kappa shape index (κ2) is 5.73. The summed E-state index contributed by atoms with van der Waals surface area (Å²) in [5, 5.41) is 11.2. The van der Waals surface area contributed by atoms with Gasteiger partial charge in [0, 0.05) is 23.0 Å². The van der Waals surface area contributed by atoms with Gasteiger partial charge in [-0.25, -0.2) is 0 Å². The lowest BCUT2D eigenvalue weighted by molar-refractivity contribution is 0.0947. The van der Waals surface area contributed by atoms with Crippen LogP contribution in [-0.4, -0.2) is 16.7 Å². The van der Waals surface area contributed by atoms with Crippen LogP contribution in [0.5, 0.6) is 0 Å². The van der Waals surface area contributed by atoms with Crippen molar-refractivity contribution in [1.82, 2.24) is 10.3 Å². The zero-order chi connectivity index (χ0) is 15.5. The van der Waals surface area contributed by atoms with Gasteiger partial charge >= 0.3 is 0 Å². The van der Waals surface area contributed by atoms with Crippen LogP contribution in [0.1, 0.15) is 21.6 Å². The number of aromatic amines is 1. The molecule has 0 saturated heterocycles. The van der Waals surface area contributed by atoms with Gasteiger partial charge in [0.2, 0.25) is 0 Å². The SMILES string of the molecule is N=C(N)c1ccc(CNC(=O)c2cc3ccccc3[nH]2)cc1. The first-order chi connectivity index (χ1) is 10.6. The van der Waals surface area contributed by atoms with E-state index in [1.807, 2.05) is 42.5 Å². The Balaban J connectivity index is 1.67. The van der Waals surface area contributed by atoms with Crippen molar-refractivity contribution in [1.29, 1.82) is 5.41 Å². The molecule has 0 unspecified atom stereocenters. The molecule has 0 fully saturated rings. The van der Waals surface area contributed by atoms with Gasteiger partial charge in [0.25, 0.3) is 5.91 Å². The number of carbonyl (C=O) groups is 1. The van der Waals surface area contributed by atoms with Gasteiger partial charge in [0.1, 0.15) is 11.5 Å². The number of rotatable bonds is 4. The number of nitrogen functional groups attached to an aromatic ring is 1. The van der Waals surface area contributed by atoms with Gasteiger partial charge < -0.3 is 16.0 Å². The van der Waals surface area contributed by atoms with E-state index < -0.39 is 0 Å². The Kier molecular flexibility index (Phi) is 3.62. The maximum Gasteiger partial charge on any atom is 0.267 e. The molecule has 1 heterocycles. The predicted octanol–water partition coefficient (Wildman–Crippen LogP) is 2.38. The molecular formula is C17H16N4O. The standard InChI is InChI=1S/C17H16N4O/c18-16(19)12-7-5-11(6-8-12)10-20-17(22)15-9-13-3-1-2-4-14(13)21-15/h1-9,21H,10H2,(H3,18,19)(H,20,22). The van der Waals surface area contributed by atoms with Crippen molar-refractivity contribution in [3.05, 3.63) is 71.4 Å². The van der Waals surface area contributed by atoms with E-state index in [0.717, 1.165) is 16.5 Å². The number of nitrogens with two attached hydrogens (primary N) is 1. The summed E-state index contributed by atoms with van der Waals surface area (Å²) in [6, 6.07) is 16.8. The maximum atomic E-state index is 12.2. The van der Waals surface area contributed by atoms with Crippen molar-refractivity contribution in [2.45, 2.75) is 6.54 Å². The number of benzene rings is 2. The third-order valence-electron chi connectivity index (χ3n) is 3.49. The van der Waals surface area contributed by atoms with E-state index >= 15 is 0 Å². The summed E-state index contributed by atoms with van der Waals surface area (Å²) in [6.07, 6.45) is 0. The van der Waals surface area contributed by atoms with Gasteiger partial charge in [-0.1, -0.05) is 42.5 Å². The van der Waals surface area contributed by atoms with Crippen molar-refractivity contribution >= 4 is 22.6 Å². The maximum absolute atomic E-state index is 12.2. The number of amides is 1. The third kappa shape index (κ3) is 2.83. The Morgan fingerprint density at radius 2 is 1.86 bits per heavy atom. The van der Waals surface area contributed by atoms with E-state index in [1.54, 1.807) is 12.1 Å². The highest BCUT2D eigenvalue weighted by Crippen LogP contribution is 2.14. The summed E-state index contributed by atoms with van der Waals surface area (Å²) in [6.45, 7) is 0.423. The molecule has 0 saturated carbocycles. The highest BCUT2D eigenvalue weighted by molar-refractivity contribution is 5.98. The zero-order valence-electron chi connectivity index (χ0n) is 11.9. The number of hydrogen-bond acceptors (Lipinski definition) is 2. The van der Waals surface area contributed by atoms with Crippen LogP contribution < -0.4 is 11.1 Å². The van der Waals surface area contributed by atoms with E-state index in [-0.39, 0.29) is 11.7 Å². The van der Waals surface area contributed by atoms with Crippen LogP contribution in [0.25, 0.3) is 10.9 Å². The summed E-state index contributed by atoms with van der Waals surface area (Å²) < 4.78 is 0. The lowest BCUT2D eigenvalue weighted by Crippen LogP contribution is -2.23. The average molecular weight is 292 g/mol. The molecule has 5 nitrogen and oxygen atoms in total. The molecule has 5 N–H and O–H groups in total. The number of hydrogen-bond donors (Lipinski definition) is 4. The quantitative estimate of drug-likeness (QED) is 0.439. The molecule has 0 atom stereocenters. The summed E-state index contributed by atoms with van der Waals surface area (Å²) >= 11 is 0. The molecule has 1 amide bonds. The summed E-state index contributed by atoms with van der Waals surface area (Å²) in [5.41, 5.74) is 8.52. The first kappa shape index (κ1) is 13.9. The van der Waals surface area contributed by atoms with Gasteiger partial charge in [0.05, 0.1) is 0 Å². The number of nitrogens with one attached hydrogen (secondary N) is 3. The molecule has 3 aromatic rings. The Morgan fingerprint density at radius 1 is 1.14 bits per heavy atom. The van der Waals surface area contributed by atoms with Crippen LogP contribution in [0.3, 0.4) is 0 Å². The first-order valence-corrected chi connectivity index (χ1v) is 6.93. The number of fused-ring (bicyclic) bond motifs is 1. The van der Waals surface area contributed by atoms with Gasteiger partial charge in [-0.3, -0.25) is 10.2 Å². The molecule has 0 aliphatic heterocycles. The average Bonchev–Trinajstić information content (AvgIpc) is 2.97. The molecule has 3 rings (SSSR count). The second-order valence-corrected chi connectivity index (χ2v) is 5.06. The van der Waals surface area contributed by atoms with Crippen molar-refractivity contribution in [2.75, 3.05) is 0 Å². The summed E-state index contributed by atoms with van der Waals surface area (Å²) in [5.74, 6) is -0.111. The normalized spacial score (nSPS) is 10.5. The number of amidine groups is 1. The van der Waals surface area contributed by atoms with Crippen LogP contribution in [0.15, 0.2) is 54.6 Å². The van der Waals surface area contributed by atoms with Crippen molar-refractivity contribution in [3.8, 4) is 0 Å². The van der Waals surface area contributed by atoms with Crippen LogP contribution in [-0.2, 0) is 6.54 Å². The molecule has 2 aromatic carbocycles. The molecule has 1 aromatic heterocycles. The monoisotopic (exact) mass is 292 g/mol. The minimum absolute atomic E-state index is 0.0358. The van der Waals surface area contributed by atoms with Crippen LogP contribution in [0.4, 0.5) is 0 Å². The van der Waals surface area contributed by atoms with E-state index in [4.69, 9.17) is 11.1 Å². The number of carbonyl (C=O) groups excluding carboxylic acids is 1. The Bertz CT molecular complexity index is 800. The molecule has 22 heavy (non-hydrogen) atoms. The summed E-state index contributed by atoms with van der Waals surface area (Å²) in [4.78, 5) is 15.3. The topological polar surface area (TPSA) is 94.8 Å². The smallest absolute Gasteiger partial charge is 0.267 e. The van der Waals surface area contributed by atoms with Gasteiger partial charge in [0.15, 0.2) is 0 Å². The van der Waals surface area contributed by atoms with E-state index in [1.165, 1.54) is 0 Å². The second-order valence-electron chi connectivity index (χ2n) is 5.06. The van der Waals surface area contributed by atoms with E-state index in [2.05, 4.69) is 10.3 Å². The highest BCUT2D eigenvalue weighted by atomic mass is 16.1. The fraction of sp³-hybridized carbons (Fsp3) is 0.0588. The Labute approximate surface area is 127 Å². The fourth-order valence-electron chi connectivity index (χ4n) is 2.28. The number of para-hydroxylation sites is 1. The molecular weight excluding hydrogens is 276 g/mol. The molecule has 0 spiro atoms.